The van der Waals surface area contributed by atoms with Gasteiger partial charge >= 0.3 is 0 Å². The predicted octanol–water partition coefficient (Wildman–Crippen LogP) is 0.420. The molecular formula is C12H23N3O. The van der Waals surface area contributed by atoms with Gasteiger partial charge in [0.1, 0.15) is 0 Å². The minimum Gasteiger partial charge on any atom is -0.337 e. The van der Waals surface area contributed by atoms with E-state index in [2.05, 4.69) is 11.9 Å². The molecule has 2 rings (SSSR count). The second-order valence-electron chi connectivity index (χ2n) is 5.11. The lowest BCUT2D eigenvalue weighted by Crippen LogP contribution is -2.50. The van der Waals surface area contributed by atoms with Crippen molar-refractivity contribution in [3.63, 3.8) is 0 Å². The van der Waals surface area contributed by atoms with Gasteiger partial charge in [-0.2, -0.15) is 0 Å². The zero-order valence-corrected chi connectivity index (χ0v) is 10.2. The molecule has 2 fully saturated rings. The Morgan fingerprint density at radius 3 is 2.75 bits per heavy atom. The monoisotopic (exact) mass is 225 g/mol. The highest BCUT2D eigenvalue weighted by Gasteiger charge is 2.31. The quantitative estimate of drug-likeness (QED) is 0.754. The largest absolute Gasteiger partial charge is 0.337 e. The third kappa shape index (κ3) is 2.74. The van der Waals surface area contributed by atoms with Crippen molar-refractivity contribution in [1.29, 1.82) is 0 Å². The van der Waals surface area contributed by atoms with Crippen LogP contribution in [0.25, 0.3) is 0 Å². The molecule has 0 radical (unpaired) electrons. The van der Waals surface area contributed by atoms with E-state index in [0.29, 0.717) is 6.04 Å². The van der Waals surface area contributed by atoms with Crippen LogP contribution >= 0.6 is 0 Å². The van der Waals surface area contributed by atoms with Gasteiger partial charge in [0, 0.05) is 25.2 Å². The van der Waals surface area contributed by atoms with Gasteiger partial charge in [-0.1, -0.05) is 0 Å². The first-order valence-electron chi connectivity index (χ1n) is 6.42. The van der Waals surface area contributed by atoms with E-state index in [4.69, 9.17) is 5.73 Å². The summed E-state index contributed by atoms with van der Waals surface area (Å²) in [5.41, 5.74) is 5.46. The predicted molar refractivity (Wildman–Crippen MR) is 64.1 cm³/mol. The molecular weight excluding hydrogens is 202 g/mol. The Labute approximate surface area is 97.8 Å². The summed E-state index contributed by atoms with van der Waals surface area (Å²) >= 11 is 0. The van der Waals surface area contributed by atoms with E-state index in [1.54, 1.807) is 0 Å². The van der Waals surface area contributed by atoms with E-state index in [1.165, 1.54) is 19.3 Å². The van der Waals surface area contributed by atoms with E-state index in [9.17, 15) is 4.79 Å². The second-order valence-corrected chi connectivity index (χ2v) is 5.11. The van der Waals surface area contributed by atoms with Crippen LogP contribution in [0, 0.1) is 0 Å². The average molecular weight is 225 g/mol. The van der Waals surface area contributed by atoms with Gasteiger partial charge in [-0.15, -0.1) is 0 Å². The summed E-state index contributed by atoms with van der Waals surface area (Å²) < 4.78 is 0. The summed E-state index contributed by atoms with van der Waals surface area (Å²) in [4.78, 5) is 16.1. The first-order chi connectivity index (χ1) is 7.72. The van der Waals surface area contributed by atoms with Gasteiger partial charge in [0.2, 0.25) is 5.91 Å². The van der Waals surface area contributed by atoms with Gasteiger partial charge in [-0.25, -0.2) is 0 Å². The number of rotatable bonds is 4. The summed E-state index contributed by atoms with van der Waals surface area (Å²) in [5, 5.41) is 0. The standard InChI is InChI=1S/C12H23N3O/c1-14(10-5-6-10)9-11-4-2-3-7-15(11)12(16)8-13/h10-11H,2-9,13H2,1H3/t11-/m0/s1. The smallest absolute Gasteiger partial charge is 0.236 e. The molecule has 16 heavy (non-hydrogen) atoms. The summed E-state index contributed by atoms with van der Waals surface area (Å²) in [7, 11) is 2.18. The Morgan fingerprint density at radius 1 is 1.38 bits per heavy atom. The first-order valence-corrected chi connectivity index (χ1v) is 6.42. The number of likely N-dealkylation sites (N-methyl/N-ethyl adjacent to an activating group) is 1. The molecule has 0 unspecified atom stereocenters. The maximum Gasteiger partial charge on any atom is 0.236 e. The first kappa shape index (κ1) is 11.9. The number of amides is 1. The summed E-state index contributed by atoms with van der Waals surface area (Å²) in [5.74, 6) is 0.119. The fraction of sp³-hybridized carbons (Fsp3) is 0.917. The molecule has 0 aromatic carbocycles. The fourth-order valence-electron chi connectivity index (χ4n) is 2.63. The summed E-state index contributed by atoms with van der Waals surface area (Å²) in [6, 6.07) is 1.17. The van der Waals surface area contributed by atoms with Crippen LogP contribution in [0.2, 0.25) is 0 Å². The third-order valence-corrected chi connectivity index (χ3v) is 3.79. The van der Waals surface area contributed by atoms with E-state index in [1.807, 2.05) is 4.90 Å². The Morgan fingerprint density at radius 2 is 2.12 bits per heavy atom. The Kier molecular flexibility index (Phi) is 3.82. The lowest BCUT2D eigenvalue weighted by molar-refractivity contribution is -0.133. The van der Waals surface area contributed by atoms with Crippen LogP contribution in [0.1, 0.15) is 32.1 Å². The molecule has 1 amide bonds. The molecule has 1 heterocycles. The molecule has 1 saturated heterocycles. The zero-order valence-electron chi connectivity index (χ0n) is 10.2. The van der Waals surface area contributed by atoms with Gasteiger partial charge in [0.25, 0.3) is 0 Å². The van der Waals surface area contributed by atoms with Crippen molar-refractivity contribution in [1.82, 2.24) is 9.80 Å². The number of hydrogen-bond donors (Lipinski definition) is 1. The lowest BCUT2D eigenvalue weighted by Gasteiger charge is -2.37. The van der Waals surface area contributed by atoms with Gasteiger partial charge in [-0.05, 0) is 39.2 Å². The second kappa shape index (κ2) is 5.15. The molecule has 2 aliphatic rings. The van der Waals surface area contributed by atoms with Crippen LogP contribution in [0.4, 0.5) is 0 Å². The molecule has 1 saturated carbocycles. The summed E-state index contributed by atoms with van der Waals surface area (Å²) in [6.07, 6.45) is 6.18. The molecule has 4 heteroatoms. The molecule has 0 aromatic heterocycles. The van der Waals surface area contributed by atoms with Crippen LogP contribution in [0.3, 0.4) is 0 Å². The van der Waals surface area contributed by atoms with Crippen molar-refractivity contribution in [2.75, 3.05) is 26.7 Å². The van der Waals surface area contributed by atoms with Crippen LogP contribution in [0.5, 0.6) is 0 Å². The topological polar surface area (TPSA) is 49.6 Å². The highest BCUT2D eigenvalue weighted by atomic mass is 16.2. The van der Waals surface area contributed by atoms with Crippen LogP contribution in [0.15, 0.2) is 0 Å². The van der Waals surface area contributed by atoms with Gasteiger partial charge in [-0.3, -0.25) is 4.79 Å². The van der Waals surface area contributed by atoms with Gasteiger partial charge < -0.3 is 15.5 Å². The fourth-order valence-corrected chi connectivity index (χ4v) is 2.63. The molecule has 4 nitrogen and oxygen atoms in total. The van der Waals surface area contributed by atoms with E-state index >= 15 is 0 Å². The third-order valence-electron chi connectivity index (χ3n) is 3.79. The van der Waals surface area contributed by atoms with Crippen LogP contribution < -0.4 is 5.73 Å². The van der Waals surface area contributed by atoms with Gasteiger partial charge in [0.05, 0.1) is 6.54 Å². The molecule has 1 aliphatic heterocycles. The molecule has 1 atom stereocenters. The maximum atomic E-state index is 11.7. The van der Waals surface area contributed by atoms with Crippen LogP contribution in [-0.4, -0.2) is 54.5 Å². The number of piperidine rings is 1. The van der Waals surface area contributed by atoms with Gasteiger partial charge in [0.15, 0.2) is 0 Å². The number of nitrogens with two attached hydrogens (primary N) is 1. The Balaban J connectivity index is 1.90. The Bertz CT molecular complexity index is 253. The minimum absolute atomic E-state index is 0.119. The highest BCUT2D eigenvalue weighted by molar-refractivity contribution is 5.78. The van der Waals surface area contributed by atoms with Crippen molar-refractivity contribution in [3.05, 3.63) is 0 Å². The molecule has 2 N–H and O–H groups in total. The number of likely N-dealkylation sites (tertiary alicyclic amines) is 1. The van der Waals surface area contributed by atoms with Crippen molar-refractivity contribution < 1.29 is 4.79 Å². The zero-order chi connectivity index (χ0) is 11.5. The molecule has 0 spiro atoms. The highest BCUT2D eigenvalue weighted by Crippen LogP contribution is 2.27. The van der Waals surface area contributed by atoms with Crippen molar-refractivity contribution in [2.24, 2.45) is 5.73 Å². The minimum atomic E-state index is 0.119. The van der Waals surface area contributed by atoms with Crippen molar-refractivity contribution >= 4 is 5.91 Å². The number of hydrogen-bond acceptors (Lipinski definition) is 3. The lowest BCUT2D eigenvalue weighted by atomic mass is 10.0. The van der Waals surface area contributed by atoms with Crippen molar-refractivity contribution in [2.45, 2.75) is 44.2 Å². The number of carbonyl (C=O) groups excluding carboxylic acids is 1. The van der Waals surface area contributed by atoms with Crippen LogP contribution in [-0.2, 0) is 4.79 Å². The average Bonchev–Trinajstić information content (AvgIpc) is 3.12. The Hall–Kier alpha value is -0.610. The van der Waals surface area contributed by atoms with E-state index < -0.39 is 0 Å². The molecule has 92 valence electrons. The molecule has 1 aliphatic carbocycles. The maximum absolute atomic E-state index is 11.7. The van der Waals surface area contributed by atoms with Crippen molar-refractivity contribution in [3.8, 4) is 0 Å². The number of carbonyl (C=O) groups is 1. The number of nitrogens with zero attached hydrogens (tertiary/aromatic N) is 2. The molecule has 0 aromatic rings. The summed E-state index contributed by atoms with van der Waals surface area (Å²) in [6.45, 7) is 2.08. The normalized spacial score (nSPS) is 26.2. The SMILES string of the molecule is CN(C[C@@H]1CCCCN1C(=O)CN)C1CC1. The van der Waals surface area contributed by atoms with E-state index in [0.717, 1.165) is 32.0 Å². The van der Waals surface area contributed by atoms with E-state index in [-0.39, 0.29) is 12.5 Å². The molecule has 0 bridgehead atoms.